The Bertz CT molecular complexity index is 460. The van der Waals surface area contributed by atoms with E-state index in [0.29, 0.717) is 0 Å². The zero-order chi connectivity index (χ0) is 13.5. The van der Waals surface area contributed by atoms with E-state index in [-0.39, 0.29) is 0 Å². The molecule has 0 spiro atoms. The predicted molar refractivity (Wildman–Crippen MR) is 79.6 cm³/mol. The van der Waals surface area contributed by atoms with Crippen molar-refractivity contribution < 1.29 is 4.74 Å². The minimum atomic E-state index is 0.786. The molecule has 0 fully saturated rings. The van der Waals surface area contributed by atoms with E-state index in [0.717, 1.165) is 22.9 Å². The Balaban J connectivity index is 2.94. The van der Waals surface area contributed by atoms with Gasteiger partial charge in [-0.1, -0.05) is 23.3 Å². The second kappa shape index (κ2) is 7.12. The van der Waals surface area contributed by atoms with Crippen LogP contribution in [0.1, 0.15) is 19.4 Å². The van der Waals surface area contributed by atoms with Crippen molar-refractivity contribution in [1.82, 2.24) is 0 Å². The van der Waals surface area contributed by atoms with Crippen molar-refractivity contribution in [3.63, 3.8) is 0 Å². The van der Waals surface area contributed by atoms with E-state index in [1.54, 1.807) is 7.11 Å². The van der Waals surface area contributed by atoms with Gasteiger partial charge in [0.05, 0.1) is 7.11 Å². The second-order valence-electron chi connectivity index (χ2n) is 4.22. The highest BCUT2D eigenvalue weighted by Crippen LogP contribution is 2.24. The lowest BCUT2D eigenvalue weighted by molar-refractivity contribution is 0.414. The summed E-state index contributed by atoms with van der Waals surface area (Å²) in [7, 11) is 3.60. The lowest BCUT2D eigenvalue weighted by Crippen LogP contribution is -1.97. The van der Waals surface area contributed by atoms with Crippen molar-refractivity contribution in [2.24, 2.45) is 0 Å². The molecular weight excluding hydrogens is 246 g/mol. The second-order valence-corrected chi connectivity index (χ2v) is 4.81. The summed E-state index contributed by atoms with van der Waals surface area (Å²) in [6.07, 6.45) is 4.82. The third kappa shape index (κ3) is 4.46. The van der Waals surface area contributed by atoms with Gasteiger partial charge in [-0.05, 0) is 50.1 Å². The van der Waals surface area contributed by atoms with Crippen LogP contribution in [-0.4, -0.2) is 14.2 Å². The summed E-state index contributed by atoms with van der Waals surface area (Å²) in [5.41, 5.74) is 3.58. The maximum absolute atomic E-state index is 5.82. The molecule has 0 atom stereocenters. The lowest BCUT2D eigenvalue weighted by atomic mass is 10.0. The van der Waals surface area contributed by atoms with Crippen LogP contribution in [0.3, 0.4) is 0 Å². The van der Waals surface area contributed by atoms with Gasteiger partial charge in [0.1, 0.15) is 5.75 Å². The third-order valence-corrected chi connectivity index (χ3v) is 2.77. The molecule has 18 heavy (non-hydrogen) atoms. The van der Waals surface area contributed by atoms with E-state index >= 15 is 0 Å². The van der Waals surface area contributed by atoms with Gasteiger partial charge in [0.15, 0.2) is 0 Å². The summed E-state index contributed by atoms with van der Waals surface area (Å²) in [5.74, 6) is 0.876. The Morgan fingerprint density at radius 1 is 1.33 bits per heavy atom. The molecule has 0 aliphatic carbocycles. The molecule has 0 aliphatic heterocycles. The van der Waals surface area contributed by atoms with Crippen LogP contribution >= 0.6 is 11.6 Å². The van der Waals surface area contributed by atoms with E-state index in [4.69, 9.17) is 16.3 Å². The summed E-state index contributed by atoms with van der Waals surface area (Å²) < 4.78 is 5.25. The van der Waals surface area contributed by atoms with Crippen LogP contribution in [0.5, 0.6) is 5.75 Å². The highest BCUT2D eigenvalue weighted by Gasteiger charge is 2.03. The predicted octanol–water partition coefficient (Wildman–Crippen LogP) is 4.37. The van der Waals surface area contributed by atoms with Crippen molar-refractivity contribution in [3.8, 4) is 5.75 Å². The van der Waals surface area contributed by atoms with E-state index in [9.17, 15) is 0 Å². The first-order chi connectivity index (χ1) is 8.56. The zero-order valence-corrected chi connectivity index (χ0v) is 12.1. The summed E-state index contributed by atoms with van der Waals surface area (Å²) in [6.45, 7) is 3.96. The molecule has 0 heterocycles. The minimum Gasteiger partial charge on any atom is -0.497 e. The van der Waals surface area contributed by atoms with Gasteiger partial charge in [-0.2, -0.15) is 0 Å². The van der Waals surface area contributed by atoms with E-state index in [2.05, 4.69) is 18.3 Å². The Hall–Kier alpha value is -1.41. The largest absolute Gasteiger partial charge is 0.497 e. The van der Waals surface area contributed by atoms with Crippen molar-refractivity contribution in [3.05, 3.63) is 46.5 Å². The number of allylic oxidation sites excluding steroid dienone is 4. The fourth-order valence-electron chi connectivity index (χ4n) is 1.70. The smallest absolute Gasteiger partial charge is 0.119 e. The van der Waals surface area contributed by atoms with Crippen LogP contribution < -0.4 is 10.1 Å². The highest BCUT2D eigenvalue weighted by atomic mass is 35.5. The minimum absolute atomic E-state index is 0.786. The number of ether oxygens (including phenoxy) is 1. The van der Waals surface area contributed by atoms with Gasteiger partial charge in [-0.3, -0.25) is 0 Å². The molecule has 0 saturated carbocycles. The summed E-state index contributed by atoms with van der Waals surface area (Å²) in [6, 6.07) is 6.04. The molecule has 0 saturated heterocycles. The van der Waals surface area contributed by atoms with Gasteiger partial charge in [-0.15, -0.1) is 0 Å². The van der Waals surface area contributed by atoms with E-state index in [1.165, 1.54) is 11.1 Å². The maximum atomic E-state index is 5.82. The number of halogens is 1. The Kier molecular flexibility index (Phi) is 5.79. The number of rotatable bonds is 5. The Labute approximate surface area is 114 Å². The zero-order valence-electron chi connectivity index (χ0n) is 11.4. The number of methoxy groups -OCH3 is 1. The van der Waals surface area contributed by atoms with Gasteiger partial charge in [0.25, 0.3) is 0 Å². The van der Waals surface area contributed by atoms with Crippen LogP contribution in [0.25, 0.3) is 0 Å². The highest BCUT2D eigenvalue weighted by molar-refractivity contribution is 6.29. The number of anilines is 1. The molecule has 2 nitrogen and oxygen atoms in total. The monoisotopic (exact) mass is 265 g/mol. The van der Waals surface area contributed by atoms with E-state index < -0.39 is 0 Å². The molecule has 1 rings (SSSR count). The standard InChI is InChI=1S/C15H20ClNO/c1-11(5-6-12(2)16)9-13-10-14(18-4)7-8-15(13)17-3/h5-8,10,17H,9H2,1-4H3. The molecule has 1 N–H and O–H groups in total. The SMILES string of the molecule is CNc1ccc(OC)cc1CC(C)=CC=C(C)Cl. The molecule has 3 heteroatoms. The number of hydrogen-bond acceptors (Lipinski definition) is 2. The first-order valence-electron chi connectivity index (χ1n) is 5.91. The van der Waals surface area contributed by atoms with Gasteiger partial charge >= 0.3 is 0 Å². The first-order valence-corrected chi connectivity index (χ1v) is 6.29. The van der Waals surface area contributed by atoms with Gasteiger partial charge in [-0.25, -0.2) is 0 Å². The Morgan fingerprint density at radius 3 is 2.61 bits per heavy atom. The van der Waals surface area contributed by atoms with Crippen LogP contribution in [0.4, 0.5) is 5.69 Å². The molecule has 0 unspecified atom stereocenters. The molecule has 1 aromatic rings. The average molecular weight is 266 g/mol. The number of hydrogen-bond donors (Lipinski definition) is 1. The maximum Gasteiger partial charge on any atom is 0.119 e. The molecular formula is C15H20ClNO. The van der Waals surface area contributed by atoms with Crippen molar-refractivity contribution in [2.45, 2.75) is 20.3 Å². The van der Waals surface area contributed by atoms with E-state index in [1.807, 2.05) is 38.3 Å². The molecule has 0 aliphatic rings. The normalized spacial score (nSPS) is 12.5. The summed E-state index contributed by atoms with van der Waals surface area (Å²) >= 11 is 5.82. The summed E-state index contributed by atoms with van der Waals surface area (Å²) in [4.78, 5) is 0. The first kappa shape index (κ1) is 14.7. The van der Waals surface area contributed by atoms with Crippen molar-refractivity contribution in [1.29, 1.82) is 0 Å². The molecule has 0 radical (unpaired) electrons. The van der Waals surface area contributed by atoms with Crippen molar-refractivity contribution >= 4 is 17.3 Å². The third-order valence-electron chi connectivity index (χ3n) is 2.65. The molecule has 1 aromatic carbocycles. The average Bonchev–Trinajstić information content (AvgIpc) is 2.36. The fraction of sp³-hybridized carbons (Fsp3) is 0.333. The van der Waals surface area contributed by atoms with Crippen LogP contribution in [-0.2, 0) is 6.42 Å². The molecule has 0 amide bonds. The van der Waals surface area contributed by atoms with Crippen molar-refractivity contribution in [2.75, 3.05) is 19.5 Å². The Morgan fingerprint density at radius 2 is 2.06 bits per heavy atom. The number of benzene rings is 1. The van der Waals surface area contributed by atoms with Crippen LogP contribution in [0.2, 0.25) is 0 Å². The number of nitrogens with one attached hydrogen (secondary N) is 1. The van der Waals surface area contributed by atoms with Crippen LogP contribution in [0.15, 0.2) is 41.0 Å². The summed E-state index contributed by atoms with van der Waals surface area (Å²) in [5, 5.41) is 3.98. The topological polar surface area (TPSA) is 21.3 Å². The van der Waals surface area contributed by atoms with Gasteiger partial charge in [0, 0.05) is 17.8 Å². The fourth-order valence-corrected chi connectivity index (χ4v) is 1.77. The van der Waals surface area contributed by atoms with Crippen LogP contribution in [0, 0.1) is 0 Å². The molecule has 0 bridgehead atoms. The lowest BCUT2D eigenvalue weighted by Gasteiger charge is -2.11. The van der Waals surface area contributed by atoms with Gasteiger partial charge < -0.3 is 10.1 Å². The van der Waals surface area contributed by atoms with Gasteiger partial charge in [0.2, 0.25) is 0 Å². The quantitative estimate of drug-likeness (QED) is 0.799. The molecule has 0 aromatic heterocycles. The molecule has 98 valence electrons.